The highest BCUT2D eigenvalue weighted by molar-refractivity contribution is 5.98. The highest BCUT2D eigenvalue weighted by Crippen LogP contribution is 2.27. The number of ketones is 1. The van der Waals surface area contributed by atoms with E-state index in [0.717, 1.165) is 57.6 Å². The average molecular weight is 329 g/mol. The van der Waals surface area contributed by atoms with E-state index in [0.29, 0.717) is 11.8 Å². The van der Waals surface area contributed by atoms with Crippen LogP contribution in [0.3, 0.4) is 0 Å². The van der Waals surface area contributed by atoms with Crippen molar-refractivity contribution in [2.75, 3.05) is 26.3 Å². The lowest BCUT2D eigenvalue weighted by Crippen LogP contribution is -2.46. The zero-order valence-corrected chi connectivity index (χ0v) is 15.4. The van der Waals surface area contributed by atoms with Gasteiger partial charge >= 0.3 is 0 Å². The highest BCUT2D eigenvalue weighted by atomic mass is 16.5. The number of rotatable bonds is 3. The van der Waals surface area contributed by atoms with E-state index < -0.39 is 0 Å². The molecule has 0 amide bonds. The Labute approximate surface area is 146 Å². The summed E-state index contributed by atoms with van der Waals surface area (Å²) in [6.45, 7) is 10.4. The SMILES string of the molecule is CC(C)(C)c1ccc(C(=O)C2CCCN(C3CCOCC3)C2)cc1. The minimum atomic E-state index is 0.131. The van der Waals surface area contributed by atoms with Crippen LogP contribution < -0.4 is 0 Å². The van der Waals surface area contributed by atoms with Gasteiger partial charge in [0, 0.05) is 37.3 Å². The van der Waals surface area contributed by atoms with Gasteiger partial charge in [-0.1, -0.05) is 45.0 Å². The minimum absolute atomic E-state index is 0.131. The summed E-state index contributed by atoms with van der Waals surface area (Å²) in [6.07, 6.45) is 4.38. The van der Waals surface area contributed by atoms with Crippen LogP contribution in [0.2, 0.25) is 0 Å². The molecule has 0 saturated carbocycles. The van der Waals surface area contributed by atoms with Gasteiger partial charge in [-0.3, -0.25) is 9.69 Å². The molecule has 132 valence electrons. The summed E-state index contributed by atoms with van der Waals surface area (Å²) in [5.74, 6) is 0.481. The summed E-state index contributed by atoms with van der Waals surface area (Å²) in [5.41, 5.74) is 2.29. The molecular weight excluding hydrogens is 298 g/mol. The van der Waals surface area contributed by atoms with E-state index in [2.05, 4.69) is 37.8 Å². The van der Waals surface area contributed by atoms with Gasteiger partial charge in [0.25, 0.3) is 0 Å². The predicted molar refractivity (Wildman–Crippen MR) is 97.6 cm³/mol. The largest absolute Gasteiger partial charge is 0.381 e. The third-order valence-electron chi connectivity index (χ3n) is 5.57. The van der Waals surface area contributed by atoms with Crippen LogP contribution in [0.1, 0.15) is 62.4 Å². The summed E-state index contributed by atoms with van der Waals surface area (Å²) < 4.78 is 5.48. The molecular formula is C21H31NO2. The van der Waals surface area contributed by atoms with Gasteiger partial charge in [-0.25, -0.2) is 0 Å². The predicted octanol–water partition coefficient (Wildman–Crippen LogP) is 4.06. The molecule has 0 N–H and O–H groups in total. The molecule has 1 aromatic carbocycles. The summed E-state index contributed by atoms with van der Waals surface area (Å²) in [6, 6.07) is 8.89. The van der Waals surface area contributed by atoms with Gasteiger partial charge in [0.1, 0.15) is 0 Å². The van der Waals surface area contributed by atoms with Gasteiger partial charge in [0.05, 0.1) is 0 Å². The standard InChI is InChI=1S/C21H31NO2/c1-21(2,3)18-8-6-16(7-9-18)20(23)17-5-4-12-22(15-17)19-10-13-24-14-11-19/h6-9,17,19H,4-5,10-15H2,1-3H3. The van der Waals surface area contributed by atoms with Crippen LogP contribution in [0, 0.1) is 5.92 Å². The van der Waals surface area contributed by atoms with Crippen molar-refractivity contribution in [1.29, 1.82) is 0 Å². The molecule has 3 nitrogen and oxygen atoms in total. The lowest BCUT2D eigenvalue weighted by molar-refractivity contribution is 0.0183. The van der Waals surface area contributed by atoms with Crippen LogP contribution in [-0.2, 0) is 10.2 Å². The molecule has 24 heavy (non-hydrogen) atoms. The third kappa shape index (κ3) is 4.07. The number of hydrogen-bond donors (Lipinski definition) is 0. The molecule has 1 unspecified atom stereocenters. The van der Waals surface area contributed by atoms with E-state index in [1.807, 2.05) is 12.1 Å². The molecule has 2 heterocycles. The first kappa shape index (κ1) is 17.6. The second-order valence-corrected chi connectivity index (χ2v) is 8.37. The first-order chi connectivity index (χ1) is 11.4. The smallest absolute Gasteiger partial charge is 0.167 e. The van der Waals surface area contributed by atoms with Crippen LogP contribution in [0.5, 0.6) is 0 Å². The molecule has 2 aliphatic rings. The van der Waals surface area contributed by atoms with E-state index in [1.165, 1.54) is 5.56 Å². The van der Waals surface area contributed by atoms with Crippen LogP contribution in [0.4, 0.5) is 0 Å². The Hall–Kier alpha value is -1.19. The second-order valence-electron chi connectivity index (χ2n) is 8.37. The van der Waals surface area contributed by atoms with Crippen LogP contribution in [-0.4, -0.2) is 43.0 Å². The molecule has 2 fully saturated rings. The first-order valence-corrected chi connectivity index (χ1v) is 9.42. The lowest BCUT2D eigenvalue weighted by atomic mass is 9.84. The van der Waals surface area contributed by atoms with Crippen molar-refractivity contribution in [3.05, 3.63) is 35.4 Å². The van der Waals surface area contributed by atoms with Crippen molar-refractivity contribution in [2.45, 2.75) is 57.9 Å². The fraction of sp³-hybridized carbons (Fsp3) is 0.667. The molecule has 2 saturated heterocycles. The number of hydrogen-bond acceptors (Lipinski definition) is 3. The molecule has 0 radical (unpaired) electrons. The van der Waals surface area contributed by atoms with E-state index in [1.54, 1.807) is 0 Å². The number of Topliss-reactive ketones (excluding diaryl/α,β-unsaturated/α-hetero) is 1. The number of ether oxygens (including phenoxy) is 1. The van der Waals surface area contributed by atoms with E-state index in [-0.39, 0.29) is 11.3 Å². The zero-order valence-electron chi connectivity index (χ0n) is 15.4. The van der Waals surface area contributed by atoms with Gasteiger partial charge in [-0.2, -0.15) is 0 Å². The Morgan fingerprint density at radius 3 is 2.38 bits per heavy atom. The number of benzene rings is 1. The first-order valence-electron chi connectivity index (χ1n) is 9.42. The maximum Gasteiger partial charge on any atom is 0.167 e. The van der Waals surface area contributed by atoms with Crippen molar-refractivity contribution < 1.29 is 9.53 Å². The summed E-state index contributed by atoms with van der Waals surface area (Å²) in [7, 11) is 0. The van der Waals surface area contributed by atoms with Crippen LogP contribution >= 0.6 is 0 Å². The van der Waals surface area contributed by atoms with Gasteiger partial charge < -0.3 is 4.74 Å². The fourth-order valence-corrected chi connectivity index (χ4v) is 3.97. The van der Waals surface area contributed by atoms with E-state index in [9.17, 15) is 4.79 Å². The van der Waals surface area contributed by atoms with Gasteiger partial charge in [0.2, 0.25) is 0 Å². The van der Waals surface area contributed by atoms with E-state index >= 15 is 0 Å². The van der Waals surface area contributed by atoms with Crippen LogP contribution in [0.15, 0.2) is 24.3 Å². The van der Waals surface area contributed by atoms with E-state index in [4.69, 9.17) is 4.74 Å². The average Bonchev–Trinajstić information content (AvgIpc) is 2.61. The van der Waals surface area contributed by atoms with Crippen molar-refractivity contribution in [2.24, 2.45) is 5.92 Å². The normalized spacial score (nSPS) is 24.0. The van der Waals surface area contributed by atoms with Crippen molar-refractivity contribution in [3.8, 4) is 0 Å². The summed E-state index contributed by atoms with van der Waals surface area (Å²) >= 11 is 0. The van der Waals surface area contributed by atoms with Crippen molar-refractivity contribution in [3.63, 3.8) is 0 Å². The third-order valence-corrected chi connectivity index (χ3v) is 5.57. The molecule has 1 aromatic rings. The molecule has 3 heteroatoms. The fourth-order valence-electron chi connectivity index (χ4n) is 3.97. The number of nitrogens with zero attached hydrogens (tertiary/aromatic N) is 1. The quantitative estimate of drug-likeness (QED) is 0.783. The number of likely N-dealkylation sites (tertiary alicyclic amines) is 1. The number of carbonyl (C=O) groups excluding carboxylic acids is 1. The molecule has 1 atom stereocenters. The Balaban J connectivity index is 1.65. The summed E-state index contributed by atoms with van der Waals surface area (Å²) in [5, 5.41) is 0. The topological polar surface area (TPSA) is 29.5 Å². The molecule has 0 bridgehead atoms. The zero-order chi connectivity index (χ0) is 17.2. The molecule has 0 spiro atoms. The van der Waals surface area contributed by atoms with Crippen molar-refractivity contribution >= 4 is 5.78 Å². The maximum absolute atomic E-state index is 12.9. The second kappa shape index (κ2) is 7.37. The minimum Gasteiger partial charge on any atom is -0.381 e. The highest BCUT2D eigenvalue weighted by Gasteiger charge is 2.31. The maximum atomic E-state index is 12.9. The Bertz CT molecular complexity index is 552. The lowest BCUT2D eigenvalue weighted by Gasteiger charge is -2.39. The number of carbonyl (C=O) groups is 1. The van der Waals surface area contributed by atoms with Crippen LogP contribution in [0.25, 0.3) is 0 Å². The van der Waals surface area contributed by atoms with Gasteiger partial charge in [-0.05, 0) is 43.2 Å². The number of piperidine rings is 1. The summed E-state index contributed by atoms with van der Waals surface area (Å²) in [4.78, 5) is 15.5. The van der Waals surface area contributed by atoms with Gasteiger partial charge in [-0.15, -0.1) is 0 Å². The molecule has 0 aliphatic carbocycles. The monoisotopic (exact) mass is 329 g/mol. The Morgan fingerprint density at radius 1 is 1.08 bits per heavy atom. The molecule has 2 aliphatic heterocycles. The van der Waals surface area contributed by atoms with Gasteiger partial charge in [0.15, 0.2) is 5.78 Å². The Kier molecular flexibility index (Phi) is 5.41. The van der Waals surface area contributed by atoms with Crippen molar-refractivity contribution in [1.82, 2.24) is 4.90 Å². The Morgan fingerprint density at radius 2 is 1.75 bits per heavy atom. The molecule has 0 aromatic heterocycles. The molecule has 3 rings (SSSR count).